The summed E-state index contributed by atoms with van der Waals surface area (Å²) in [5.74, 6) is 0.804. The number of carbonyl (C=O) groups is 1. The summed E-state index contributed by atoms with van der Waals surface area (Å²) in [5.41, 5.74) is 7.79. The van der Waals surface area contributed by atoms with Gasteiger partial charge in [-0.3, -0.25) is 9.78 Å². The zero-order chi connectivity index (χ0) is 25.4. The molecule has 4 heteroatoms. The molecule has 0 saturated carbocycles. The van der Waals surface area contributed by atoms with Gasteiger partial charge in [-0.25, -0.2) is 4.39 Å². The van der Waals surface area contributed by atoms with Crippen LogP contribution in [-0.4, -0.2) is 15.8 Å². The van der Waals surface area contributed by atoms with E-state index in [1.807, 2.05) is 18.3 Å². The zero-order valence-corrected chi connectivity index (χ0v) is 22.2. The van der Waals surface area contributed by atoms with E-state index >= 15 is 0 Å². The molecule has 0 aliphatic heterocycles. The number of nitrogens with zero attached hydrogens (tertiary/aromatic N) is 1. The first-order chi connectivity index (χ1) is 17.5. The van der Waals surface area contributed by atoms with E-state index in [9.17, 15) is 9.18 Å². The van der Waals surface area contributed by atoms with E-state index in [0.29, 0.717) is 23.0 Å². The van der Waals surface area contributed by atoms with Crippen LogP contribution in [0.2, 0.25) is 0 Å². The summed E-state index contributed by atoms with van der Waals surface area (Å²) in [6.45, 7) is 9.05. The number of pyridine rings is 1. The van der Waals surface area contributed by atoms with Gasteiger partial charge in [0.2, 0.25) is 0 Å². The van der Waals surface area contributed by atoms with Gasteiger partial charge in [-0.05, 0) is 80.2 Å². The lowest BCUT2D eigenvalue weighted by Crippen LogP contribution is -2.29. The molecule has 36 heavy (non-hydrogen) atoms. The topological polar surface area (TPSA) is 45.8 Å². The first-order valence-corrected chi connectivity index (χ1v) is 14.0. The summed E-state index contributed by atoms with van der Waals surface area (Å²) < 4.78 is 14.6. The Balaban J connectivity index is 1.71. The highest BCUT2D eigenvalue weighted by molar-refractivity contribution is 6.03. The SMILES string of the molecule is CCC(CC)CC1(CC)CCC(CC)C(=O)c2c1[nH]c1c2CCc2cnc(-c3ccccc3F)cc2-1. The fourth-order valence-corrected chi connectivity index (χ4v) is 6.81. The third kappa shape index (κ3) is 4.03. The van der Waals surface area contributed by atoms with Crippen molar-refractivity contribution in [3.63, 3.8) is 0 Å². The minimum Gasteiger partial charge on any atom is -0.357 e. The van der Waals surface area contributed by atoms with E-state index in [0.717, 1.165) is 61.8 Å². The average Bonchev–Trinajstić information content (AvgIpc) is 3.26. The molecule has 190 valence electrons. The first kappa shape index (κ1) is 24.9. The predicted molar refractivity (Wildman–Crippen MR) is 145 cm³/mol. The highest BCUT2D eigenvalue weighted by Crippen LogP contribution is 2.50. The van der Waals surface area contributed by atoms with Crippen LogP contribution in [0, 0.1) is 17.7 Å². The van der Waals surface area contributed by atoms with Crippen LogP contribution in [0.1, 0.15) is 99.8 Å². The van der Waals surface area contributed by atoms with Crippen LogP contribution >= 0.6 is 0 Å². The number of hydrogen-bond donors (Lipinski definition) is 1. The van der Waals surface area contributed by atoms with Gasteiger partial charge < -0.3 is 4.98 Å². The summed E-state index contributed by atoms with van der Waals surface area (Å²) in [5, 5.41) is 0. The molecule has 2 atom stereocenters. The lowest BCUT2D eigenvalue weighted by molar-refractivity contribution is 0.0910. The monoisotopic (exact) mass is 486 g/mol. The van der Waals surface area contributed by atoms with Gasteiger partial charge in [-0.2, -0.15) is 0 Å². The van der Waals surface area contributed by atoms with Gasteiger partial charge >= 0.3 is 0 Å². The highest BCUT2D eigenvalue weighted by Gasteiger charge is 2.44. The van der Waals surface area contributed by atoms with Crippen LogP contribution in [0.25, 0.3) is 22.5 Å². The number of nitrogens with one attached hydrogen (secondary N) is 1. The average molecular weight is 487 g/mol. The maximum atomic E-state index is 14.6. The zero-order valence-electron chi connectivity index (χ0n) is 22.2. The number of halogens is 1. The van der Waals surface area contributed by atoms with Crippen molar-refractivity contribution in [2.45, 2.75) is 90.9 Å². The van der Waals surface area contributed by atoms with Crippen molar-refractivity contribution < 1.29 is 9.18 Å². The maximum absolute atomic E-state index is 14.6. The van der Waals surface area contributed by atoms with Gasteiger partial charge in [0.15, 0.2) is 5.78 Å². The minimum absolute atomic E-state index is 0.00942. The Hall–Kier alpha value is -2.75. The van der Waals surface area contributed by atoms with E-state index in [1.54, 1.807) is 12.1 Å². The van der Waals surface area contributed by atoms with Crippen molar-refractivity contribution in [3.8, 4) is 22.5 Å². The molecule has 2 aromatic heterocycles. The van der Waals surface area contributed by atoms with E-state index in [-0.39, 0.29) is 17.2 Å². The standard InChI is InChI=1S/C32H39FN2O/c1-5-20(6-2)18-32(8-4)16-15-21(7-3)30(36)28-24-14-13-22-19-34-27(23-11-9-10-12-26(23)33)17-25(22)29(24)35-31(28)32/h9-12,17,19-21,35H,5-8,13-16,18H2,1-4H3. The van der Waals surface area contributed by atoms with Crippen molar-refractivity contribution in [1.82, 2.24) is 9.97 Å². The van der Waals surface area contributed by atoms with Crippen LogP contribution in [0.5, 0.6) is 0 Å². The van der Waals surface area contributed by atoms with Crippen molar-refractivity contribution in [2.75, 3.05) is 0 Å². The highest BCUT2D eigenvalue weighted by atomic mass is 19.1. The number of aromatic amines is 1. The molecule has 0 amide bonds. The number of benzene rings is 1. The molecule has 2 aliphatic rings. The van der Waals surface area contributed by atoms with Crippen LogP contribution < -0.4 is 0 Å². The molecule has 2 aliphatic carbocycles. The van der Waals surface area contributed by atoms with E-state index in [1.165, 1.54) is 35.7 Å². The van der Waals surface area contributed by atoms with Crippen LogP contribution in [-0.2, 0) is 18.3 Å². The number of ketones is 1. The molecule has 1 N–H and O–H groups in total. The Labute approximate surface area is 214 Å². The van der Waals surface area contributed by atoms with Gasteiger partial charge in [0.05, 0.1) is 11.4 Å². The van der Waals surface area contributed by atoms with Crippen molar-refractivity contribution in [1.29, 1.82) is 0 Å². The van der Waals surface area contributed by atoms with E-state index < -0.39 is 0 Å². The van der Waals surface area contributed by atoms with E-state index in [2.05, 4.69) is 37.7 Å². The summed E-state index contributed by atoms with van der Waals surface area (Å²) in [6.07, 6.45) is 11.0. The fraction of sp³-hybridized carbons (Fsp3) is 0.500. The van der Waals surface area contributed by atoms with Gasteiger partial charge in [-0.1, -0.05) is 52.7 Å². The van der Waals surface area contributed by atoms with E-state index in [4.69, 9.17) is 0 Å². The lowest BCUT2D eigenvalue weighted by atomic mass is 9.70. The lowest BCUT2D eigenvalue weighted by Gasteiger charge is -2.35. The van der Waals surface area contributed by atoms with Crippen LogP contribution in [0.15, 0.2) is 36.5 Å². The van der Waals surface area contributed by atoms with Gasteiger partial charge in [0.1, 0.15) is 5.82 Å². The quantitative estimate of drug-likeness (QED) is 0.340. The molecular formula is C32H39FN2O. The third-order valence-electron chi connectivity index (χ3n) is 9.28. The number of fused-ring (bicyclic) bond motifs is 5. The van der Waals surface area contributed by atoms with Crippen molar-refractivity contribution in [3.05, 3.63) is 64.7 Å². The fourth-order valence-electron chi connectivity index (χ4n) is 6.81. The molecule has 0 fully saturated rings. The number of aryl methyl sites for hydroxylation is 1. The maximum Gasteiger partial charge on any atom is 0.168 e. The number of carbonyl (C=O) groups excluding carboxylic acids is 1. The van der Waals surface area contributed by atoms with Crippen molar-refractivity contribution >= 4 is 5.78 Å². The largest absolute Gasteiger partial charge is 0.357 e. The summed E-state index contributed by atoms with van der Waals surface area (Å²) in [6, 6.07) is 8.84. The smallest absolute Gasteiger partial charge is 0.168 e. The van der Waals surface area contributed by atoms with Crippen molar-refractivity contribution in [2.24, 2.45) is 11.8 Å². The summed E-state index contributed by atoms with van der Waals surface area (Å²) in [4.78, 5) is 22.5. The molecule has 0 radical (unpaired) electrons. The first-order valence-electron chi connectivity index (χ1n) is 14.0. The molecular weight excluding hydrogens is 447 g/mol. The minimum atomic E-state index is -0.264. The molecule has 2 unspecified atom stereocenters. The number of hydrogen-bond acceptors (Lipinski definition) is 2. The summed E-state index contributed by atoms with van der Waals surface area (Å²) in [7, 11) is 0. The Morgan fingerprint density at radius 1 is 1.11 bits per heavy atom. The van der Waals surface area contributed by atoms with Gasteiger partial charge in [0, 0.05) is 39.9 Å². The number of H-pyrrole nitrogens is 1. The number of aromatic nitrogens is 2. The summed E-state index contributed by atoms with van der Waals surface area (Å²) >= 11 is 0. The Morgan fingerprint density at radius 2 is 1.89 bits per heavy atom. The normalized spacial score (nSPS) is 21.2. The third-order valence-corrected chi connectivity index (χ3v) is 9.28. The molecule has 2 heterocycles. The molecule has 0 spiro atoms. The van der Waals surface area contributed by atoms with Crippen LogP contribution in [0.4, 0.5) is 4.39 Å². The number of Topliss-reactive ketones (excluding diaryl/α,β-unsaturated/α-hetero) is 1. The predicted octanol–water partition coefficient (Wildman–Crippen LogP) is 8.46. The molecule has 1 aromatic carbocycles. The molecule has 3 aromatic rings. The van der Waals surface area contributed by atoms with Crippen LogP contribution in [0.3, 0.4) is 0 Å². The molecule has 3 nitrogen and oxygen atoms in total. The molecule has 0 bridgehead atoms. The van der Waals surface area contributed by atoms with Gasteiger partial charge in [0.25, 0.3) is 0 Å². The molecule has 5 rings (SSSR count). The Kier molecular flexibility index (Phi) is 6.89. The van der Waals surface area contributed by atoms with Gasteiger partial charge in [-0.15, -0.1) is 0 Å². The Bertz CT molecular complexity index is 1270. The molecule has 0 saturated heterocycles. The second-order valence-electron chi connectivity index (χ2n) is 11.0. The number of rotatable bonds is 7. The second-order valence-corrected chi connectivity index (χ2v) is 11.0. The Morgan fingerprint density at radius 3 is 2.58 bits per heavy atom. The second kappa shape index (κ2) is 9.95.